The van der Waals surface area contributed by atoms with Gasteiger partial charge in [0, 0.05) is 30.3 Å². The van der Waals surface area contributed by atoms with E-state index in [9.17, 15) is 24.0 Å². The van der Waals surface area contributed by atoms with E-state index >= 15 is 0 Å². The fourth-order valence-corrected chi connectivity index (χ4v) is 5.39. The first kappa shape index (κ1) is 31.2. The molecule has 0 radical (unpaired) electrons. The fourth-order valence-electron chi connectivity index (χ4n) is 5.39. The number of hydrogen-bond donors (Lipinski definition) is 0. The van der Waals surface area contributed by atoms with Crippen LogP contribution in [-0.4, -0.2) is 50.2 Å². The summed E-state index contributed by atoms with van der Waals surface area (Å²) in [6.45, 7) is 6.56. The van der Waals surface area contributed by atoms with Gasteiger partial charge in [-0.05, 0) is 51.0 Å². The van der Waals surface area contributed by atoms with Crippen molar-refractivity contribution in [3.8, 4) is 0 Å². The lowest BCUT2D eigenvalue weighted by Gasteiger charge is -2.28. The topological polar surface area (TPSA) is 117 Å². The van der Waals surface area contributed by atoms with Crippen LogP contribution in [0.25, 0.3) is 0 Å². The Morgan fingerprint density at radius 3 is 1.89 bits per heavy atom. The highest BCUT2D eigenvalue weighted by Gasteiger charge is 2.44. The first-order chi connectivity index (χ1) is 21.4. The SMILES string of the molecule is Cc1cn([C@H]2C[C@@H](C(=O)OC(c3ccccc3)c3ccccc3)N(C(=O)OC(C)(C)C)C2)c(=O)n(C(=O)c2ccccc2)c1=O. The smallest absolute Gasteiger partial charge is 0.411 e. The molecule has 1 aromatic heterocycles. The van der Waals surface area contributed by atoms with Crippen molar-refractivity contribution in [3.05, 3.63) is 140 Å². The van der Waals surface area contributed by atoms with Crippen LogP contribution in [0.4, 0.5) is 4.79 Å². The van der Waals surface area contributed by atoms with Crippen LogP contribution in [0.15, 0.2) is 107 Å². The number of aryl methyl sites for hydroxylation is 1. The molecule has 10 nitrogen and oxygen atoms in total. The zero-order chi connectivity index (χ0) is 32.3. The van der Waals surface area contributed by atoms with Crippen LogP contribution in [0.3, 0.4) is 0 Å². The molecule has 0 spiro atoms. The Morgan fingerprint density at radius 1 is 0.822 bits per heavy atom. The van der Waals surface area contributed by atoms with Gasteiger partial charge in [0.1, 0.15) is 11.6 Å². The maximum atomic E-state index is 14.0. The monoisotopic (exact) mass is 609 g/mol. The molecule has 0 saturated carbocycles. The van der Waals surface area contributed by atoms with Crippen molar-refractivity contribution in [2.24, 2.45) is 0 Å². The summed E-state index contributed by atoms with van der Waals surface area (Å²) in [6, 6.07) is 24.7. The molecular formula is C35H35N3O7. The van der Waals surface area contributed by atoms with Gasteiger partial charge >= 0.3 is 17.8 Å². The maximum absolute atomic E-state index is 14.0. The van der Waals surface area contributed by atoms with Crippen molar-refractivity contribution >= 4 is 18.0 Å². The molecule has 0 unspecified atom stereocenters. The average molecular weight is 610 g/mol. The zero-order valence-electron chi connectivity index (χ0n) is 25.6. The normalized spacial score (nSPS) is 16.4. The Morgan fingerprint density at radius 2 is 1.36 bits per heavy atom. The van der Waals surface area contributed by atoms with Crippen molar-refractivity contribution in [1.82, 2.24) is 14.0 Å². The molecule has 1 aliphatic rings. The number of carbonyl (C=O) groups is 3. The van der Waals surface area contributed by atoms with Crippen LogP contribution in [0.2, 0.25) is 0 Å². The van der Waals surface area contributed by atoms with Gasteiger partial charge in [0.25, 0.3) is 11.5 Å². The van der Waals surface area contributed by atoms with E-state index < -0.39 is 53.0 Å². The van der Waals surface area contributed by atoms with E-state index in [1.54, 1.807) is 39.0 Å². The van der Waals surface area contributed by atoms with E-state index in [2.05, 4.69) is 0 Å². The minimum Gasteiger partial charge on any atom is -0.451 e. The molecular weight excluding hydrogens is 574 g/mol. The van der Waals surface area contributed by atoms with E-state index in [0.717, 1.165) is 11.1 Å². The van der Waals surface area contributed by atoms with Gasteiger partial charge in [-0.3, -0.25) is 19.1 Å². The third-order valence-corrected chi connectivity index (χ3v) is 7.52. The first-order valence-corrected chi connectivity index (χ1v) is 14.7. The highest BCUT2D eigenvalue weighted by atomic mass is 16.6. The standard InChI is InChI=1S/C35H35N3O7/c1-23-21-36(33(42)38(30(23)39)31(40)26-18-12-7-13-19-26)27-20-28(37(22-27)34(43)45-35(2,3)4)32(41)44-29(24-14-8-5-9-15-24)25-16-10-6-11-17-25/h5-19,21,27-29H,20,22H2,1-4H3/t27-,28-/m0/s1. The molecule has 1 aliphatic heterocycles. The van der Waals surface area contributed by atoms with E-state index in [-0.39, 0.29) is 24.1 Å². The van der Waals surface area contributed by atoms with E-state index in [1.807, 2.05) is 60.7 Å². The maximum Gasteiger partial charge on any atom is 0.411 e. The number of esters is 1. The van der Waals surface area contributed by atoms with Crippen LogP contribution in [-0.2, 0) is 14.3 Å². The van der Waals surface area contributed by atoms with Gasteiger partial charge in [-0.2, -0.15) is 4.57 Å². The van der Waals surface area contributed by atoms with Gasteiger partial charge in [-0.1, -0.05) is 78.9 Å². The van der Waals surface area contributed by atoms with Gasteiger partial charge < -0.3 is 9.47 Å². The second-order valence-corrected chi connectivity index (χ2v) is 12.0. The Bertz CT molecular complexity index is 1770. The van der Waals surface area contributed by atoms with E-state index in [0.29, 0.717) is 4.57 Å². The van der Waals surface area contributed by atoms with Crippen LogP contribution < -0.4 is 11.2 Å². The van der Waals surface area contributed by atoms with Gasteiger partial charge in [-0.25, -0.2) is 14.4 Å². The van der Waals surface area contributed by atoms with Crippen molar-refractivity contribution < 1.29 is 23.9 Å². The summed E-state index contributed by atoms with van der Waals surface area (Å²) in [4.78, 5) is 68.7. The molecule has 0 aliphatic carbocycles. The number of aromatic nitrogens is 2. The first-order valence-electron chi connectivity index (χ1n) is 14.7. The third-order valence-electron chi connectivity index (χ3n) is 7.52. The van der Waals surface area contributed by atoms with Gasteiger partial charge in [0.2, 0.25) is 0 Å². The van der Waals surface area contributed by atoms with Gasteiger partial charge in [0.05, 0.1) is 6.04 Å². The van der Waals surface area contributed by atoms with E-state index in [1.165, 1.54) is 34.7 Å². The average Bonchev–Trinajstić information content (AvgIpc) is 3.48. The highest BCUT2D eigenvalue weighted by Crippen LogP contribution is 2.32. The zero-order valence-corrected chi connectivity index (χ0v) is 25.6. The Kier molecular flexibility index (Phi) is 8.85. The summed E-state index contributed by atoms with van der Waals surface area (Å²) in [5.41, 5.74) is -0.650. The van der Waals surface area contributed by atoms with Crippen LogP contribution in [0.5, 0.6) is 0 Å². The van der Waals surface area contributed by atoms with Crippen molar-refractivity contribution in [2.45, 2.75) is 57.9 Å². The molecule has 10 heteroatoms. The number of likely N-dealkylation sites (tertiary alicyclic amines) is 1. The van der Waals surface area contributed by atoms with Crippen LogP contribution in [0, 0.1) is 6.92 Å². The molecule has 5 rings (SSSR count). The minimum atomic E-state index is -1.11. The number of hydrogen-bond acceptors (Lipinski definition) is 7. The number of amides is 1. The number of benzene rings is 3. The molecule has 2 heterocycles. The second-order valence-electron chi connectivity index (χ2n) is 12.0. The summed E-state index contributed by atoms with van der Waals surface area (Å²) in [5, 5.41) is 0. The predicted octanol–water partition coefficient (Wildman–Crippen LogP) is 4.89. The lowest BCUT2D eigenvalue weighted by atomic mass is 10.0. The number of rotatable bonds is 6. The molecule has 3 aromatic carbocycles. The third kappa shape index (κ3) is 6.80. The minimum absolute atomic E-state index is 0.00848. The molecule has 0 bridgehead atoms. The highest BCUT2D eigenvalue weighted by molar-refractivity contribution is 5.95. The molecule has 4 aromatic rings. The molecule has 1 saturated heterocycles. The fraction of sp³-hybridized carbons (Fsp3) is 0.286. The molecule has 1 fully saturated rings. The number of ether oxygens (including phenoxy) is 2. The lowest BCUT2D eigenvalue weighted by molar-refractivity contribution is -0.152. The molecule has 1 amide bonds. The lowest BCUT2D eigenvalue weighted by Crippen LogP contribution is -2.46. The number of carbonyl (C=O) groups excluding carboxylic acids is 3. The molecule has 0 N–H and O–H groups in total. The summed E-state index contributed by atoms with van der Waals surface area (Å²) in [5.74, 6) is -1.45. The Labute approximate surface area is 260 Å². The Balaban J connectivity index is 1.52. The summed E-state index contributed by atoms with van der Waals surface area (Å²) >= 11 is 0. The summed E-state index contributed by atoms with van der Waals surface area (Å²) < 4.78 is 13.6. The molecule has 2 atom stereocenters. The number of nitrogens with zero attached hydrogens (tertiary/aromatic N) is 3. The predicted molar refractivity (Wildman–Crippen MR) is 167 cm³/mol. The van der Waals surface area contributed by atoms with Crippen LogP contribution in [0.1, 0.15) is 66.4 Å². The summed E-state index contributed by atoms with van der Waals surface area (Å²) in [6.07, 6.45) is -0.149. The van der Waals surface area contributed by atoms with Crippen molar-refractivity contribution in [3.63, 3.8) is 0 Å². The van der Waals surface area contributed by atoms with Crippen LogP contribution >= 0.6 is 0 Å². The quantitative estimate of drug-likeness (QED) is 0.286. The van der Waals surface area contributed by atoms with Gasteiger partial charge in [0.15, 0.2) is 6.10 Å². The van der Waals surface area contributed by atoms with Gasteiger partial charge in [-0.15, -0.1) is 0 Å². The Hall–Kier alpha value is -5.25. The summed E-state index contributed by atoms with van der Waals surface area (Å²) in [7, 11) is 0. The molecule has 45 heavy (non-hydrogen) atoms. The van der Waals surface area contributed by atoms with Crippen molar-refractivity contribution in [1.29, 1.82) is 0 Å². The molecule has 232 valence electrons. The van der Waals surface area contributed by atoms with E-state index in [4.69, 9.17) is 9.47 Å². The largest absolute Gasteiger partial charge is 0.451 e. The second kappa shape index (κ2) is 12.8. The van der Waals surface area contributed by atoms with Crippen molar-refractivity contribution in [2.75, 3.05) is 6.54 Å².